The number of benzene rings is 1. The number of carbonyl (C=O) groups is 1. The van der Waals surface area contributed by atoms with Gasteiger partial charge in [0.25, 0.3) is 0 Å². The maximum absolute atomic E-state index is 13.0. The van der Waals surface area contributed by atoms with Gasteiger partial charge in [-0.3, -0.25) is 9.78 Å². The Bertz CT molecular complexity index is 738. The number of hydrogen-bond acceptors (Lipinski definition) is 3. The van der Waals surface area contributed by atoms with Gasteiger partial charge >= 0.3 is 0 Å². The van der Waals surface area contributed by atoms with Gasteiger partial charge < -0.3 is 10.1 Å². The number of aryl methyl sites for hydroxylation is 1. The monoisotopic (exact) mass is 336 g/mol. The van der Waals surface area contributed by atoms with Gasteiger partial charge in [0.1, 0.15) is 0 Å². The van der Waals surface area contributed by atoms with Crippen LogP contribution >= 0.6 is 0 Å². The van der Waals surface area contributed by atoms with E-state index in [1.54, 1.807) is 0 Å². The molecule has 2 aliphatic rings. The van der Waals surface area contributed by atoms with Crippen LogP contribution in [0.4, 0.5) is 0 Å². The summed E-state index contributed by atoms with van der Waals surface area (Å²) in [6.07, 6.45) is 6.41. The van der Waals surface area contributed by atoms with Gasteiger partial charge in [0, 0.05) is 18.3 Å². The van der Waals surface area contributed by atoms with Crippen LogP contribution in [0.5, 0.6) is 0 Å². The zero-order valence-corrected chi connectivity index (χ0v) is 14.6. The maximum Gasteiger partial charge on any atom is 0.230 e. The number of ether oxygens (including phenoxy) is 1. The Kier molecular flexibility index (Phi) is 4.30. The largest absolute Gasteiger partial charge is 0.379 e. The molecule has 1 aromatic heterocycles. The summed E-state index contributed by atoms with van der Waals surface area (Å²) in [5.74, 6) is 0.478. The number of nitrogens with zero attached hydrogens (tertiary/aromatic N) is 1. The number of hydrogen-bond donors (Lipinski definition) is 1. The molecule has 4 rings (SSSR count). The SMILES string of the molecule is Cc1ccc(C2(C(=O)N[C@@H]3COC[C@H]3Cc3ccncc3)CC2)cc1. The lowest BCUT2D eigenvalue weighted by atomic mass is 9.91. The molecule has 1 saturated carbocycles. The fourth-order valence-corrected chi connectivity index (χ4v) is 3.73. The van der Waals surface area contributed by atoms with E-state index >= 15 is 0 Å². The van der Waals surface area contributed by atoms with Gasteiger partial charge in [0.05, 0.1) is 24.7 Å². The van der Waals surface area contributed by atoms with Crippen LogP contribution in [0, 0.1) is 12.8 Å². The second-order valence-electron chi connectivity index (χ2n) is 7.39. The topological polar surface area (TPSA) is 51.2 Å². The lowest BCUT2D eigenvalue weighted by molar-refractivity contribution is -0.124. The number of pyridine rings is 1. The minimum atomic E-state index is -0.322. The summed E-state index contributed by atoms with van der Waals surface area (Å²) in [6, 6.07) is 12.5. The van der Waals surface area contributed by atoms with Gasteiger partial charge in [0.2, 0.25) is 5.91 Å². The molecule has 0 unspecified atom stereocenters. The van der Waals surface area contributed by atoms with Gasteiger partial charge in [-0.15, -0.1) is 0 Å². The lowest BCUT2D eigenvalue weighted by Gasteiger charge is -2.23. The molecule has 1 N–H and O–H groups in total. The Hall–Kier alpha value is -2.20. The van der Waals surface area contributed by atoms with Crippen molar-refractivity contribution in [3.05, 3.63) is 65.5 Å². The molecule has 0 bridgehead atoms. The first-order valence-corrected chi connectivity index (χ1v) is 9.02. The van der Waals surface area contributed by atoms with Crippen molar-refractivity contribution in [2.45, 2.75) is 37.6 Å². The molecule has 4 heteroatoms. The fraction of sp³-hybridized carbons (Fsp3) is 0.429. The molecule has 2 atom stereocenters. The molecule has 130 valence electrons. The van der Waals surface area contributed by atoms with Crippen LogP contribution in [0.3, 0.4) is 0 Å². The zero-order chi connectivity index (χ0) is 17.3. The predicted octanol–water partition coefficient (Wildman–Crippen LogP) is 2.80. The quantitative estimate of drug-likeness (QED) is 0.913. The molecule has 2 aromatic rings. The summed E-state index contributed by atoms with van der Waals surface area (Å²) in [4.78, 5) is 17.1. The summed E-state index contributed by atoms with van der Waals surface area (Å²) in [7, 11) is 0. The van der Waals surface area contributed by atoms with Gasteiger partial charge in [-0.1, -0.05) is 29.8 Å². The molecule has 0 radical (unpaired) electrons. The van der Waals surface area contributed by atoms with E-state index in [1.165, 1.54) is 11.1 Å². The highest BCUT2D eigenvalue weighted by molar-refractivity contribution is 5.91. The molecule has 1 aliphatic carbocycles. The molecule has 1 aliphatic heterocycles. The van der Waals surface area contributed by atoms with Crippen molar-refractivity contribution in [1.82, 2.24) is 10.3 Å². The maximum atomic E-state index is 13.0. The summed E-state index contributed by atoms with van der Waals surface area (Å²) in [5, 5.41) is 3.29. The van der Waals surface area contributed by atoms with Crippen LogP contribution in [0.15, 0.2) is 48.8 Å². The zero-order valence-electron chi connectivity index (χ0n) is 14.6. The second kappa shape index (κ2) is 6.60. The molecule has 2 fully saturated rings. The minimum Gasteiger partial charge on any atom is -0.379 e. The van der Waals surface area contributed by atoms with Crippen LogP contribution in [0.25, 0.3) is 0 Å². The molecule has 1 amide bonds. The number of rotatable bonds is 5. The normalized spacial score (nSPS) is 24.0. The van der Waals surface area contributed by atoms with E-state index < -0.39 is 0 Å². The van der Waals surface area contributed by atoms with E-state index in [0.717, 1.165) is 24.8 Å². The number of amides is 1. The molecule has 4 nitrogen and oxygen atoms in total. The van der Waals surface area contributed by atoms with E-state index in [9.17, 15) is 4.79 Å². The van der Waals surface area contributed by atoms with E-state index in [-0.39, 0.29) is 17.4 Å². The third-order valence-corrected chi connectivity index (χ3v) is 5.55. The van der Waals surface area contributed by atoms with E-state index in [4.69, 9.17) is 4.74 Å². The number of nitrogens with one attached hydrogen (secondary N) is 1. The Morgan fingerprint density at radius 1 is 1.16 bits per heavy atom. The first kappa shape index (κ1) is 16.3. The van der Waals surface area contributed by atoms with Gasteiger partial charge in [-0.25, -0.2) is 0 Å². The van der Waals surface area contributed by atoms with E-state index in [2.05, 4.69) is 41.5 Å². The van der Waals surface area contributed by atoms with Crippen LogP contribution in [-0.4, -0.2) is 30.1 Å². The van der Waals surface area contributed by atoms with E-state index in [1.807, 2.05) is 24.5 Å². The first-order chi connectivity index (χ1) is 12.2. The molecule has 0 spiro atoms. The van der Waals surface area contributed by atoms with Gasteiger partial charge in [-0.2, -0.15) is 0 Å². The highest BCUT2D eigenvalue weighted by Gasteiger charge is 2.52. The van der Waals surface area contributed by atoms with Crippen molar-refractivity contribution in [3.8, 4) is 0 Å². The molecule has 1 saturated heterocycles. The molecule has 1 aromatic carbocycles. The van der Waals surface area contributed by atoms with Gasteiger partial charge in [-0.05, 0) is 49.4 Å². The minimum absolute atomic E-state index is 0.0867. The Morgan fingerprint density at radius 2 is 1.88 bits per heavy atom. The van der Waals surface area contributed by atoms with Gasteiger partial charge in [0.15, 0.2) is 0 Å². The highest BCUT2D eigenvalue weighted by Crippen LogP contribution is 2.48. The molecule has 2 heterocycles. The molecular formula is C21H24N2O2. The van der Waals surface area contributed by atoms with Crippen LogP contribution in [-0.2, 0) is 21.4 Å². The third-order valence-electron chi connectivity index (χ3n) is 5.55. The fourth-order valence-electron chi connectivity index (χ4n) is 3.73. The van der Waals surface area contributed by atoms with Crippen molar-refractivity contribution >= 4 is 5.91 Å². The third kappa shape index (κ3) is 3.31. The van der Waals surface area contributed by atoms with Crippen LogP contribution < -0.4 is 5.32 Å². The number of carbonyl (C=O) groups excluding carboxylic acids is 1. The van der Waals surface area contributed by atoms with Crippen molar-refractivity contribution in [1.29, 1.82) is 0 Å². The van der Waals surface area contributed by atoms with E-state index in [0.29, 0.717) is 19.1 Å². The Labute approximate surface area is 148 Å². The standard InChI is InChI=1S/C21H24N2O2/c1-15-2-4-18(5-3-15)21(8-9-21)20(24)23-19-14-25-13-17(19)12-16-6-10-22-11-7-16/h2-7,10-11,17,19H,8-9,12-14H2,1H3,(H,23,24)/t17-,19-/m1/s1. The lowest BCUT2D eigenvalue weighted by Crippen LogP contribution is -2.45. The highest BCUT2D eigenvalue weighted by atomic mass is 16.5. The smallest absolute Gasteiger partial charge is 0.230 e. The summed E-state index contributed by atoms with van der Waals surface area (Å²) in [6.45, 7) is 3.37. The second-order valence-corrected chi connectivity index (χ2v) is 7.39. The van der Waals surface area contributed by atoms with Crippen molar-refractivity contribution in [3.63, 3.8) is 0 Å². The first-order valence-electron chi connectivity index (χ1n) is 9.02. The molecular weight excluding hydrogens is 312 g/mol. The molecule has 25 heavy (non-hydrogen) atoms. The van der Waals surface area contributed by atoms with Crippen LogP contribution in [0.2, 0.25) is 0 Å². The predicted molar refractivity (Wildman–Crippen MR) is 96.3 cm³/mol. The van der Waals surface area contributed by atoms with Crippen molar-refractivity contribution in [2.24, 2.45) is 5.92 Å². The van der Waals surface area contributed by atoms with Crippen molar-refractivity contribution < 1.29 is 9.53 Å². The van der Waals surface area contributed by atoms with Crippen molar-refractivity contribution in [2.75, 3.05) is 13.2 Å². The van der Waals surface area contributed by atoms with Crippen LogP contribution in [0.1, 0.15) is 29.5 Å². The Balaban J connectivity index is 1.44. The summed E-state index contributed by atoms with van der Waals surface area (Å²) in [5.41, 5.74) is 3.28. The average molecular weight is 336 g/mol. The average Bonchev–Trinajstić information content (AvgIpc) is 3.34. The number of aromatic nitrogens is 1. The summed E-state index contributed by atoms with van der Waals surface area (Å²) >= 11 is 0. The Morgan fingerprint density at radius 3 is 2.56 bits per heavy atom. The summed E-state index contributed by atoms with van der Waals surface area (Å²) < 4.78 is 5.67.